The summed E-state index contributed by atoms with van der Waals surface area (Å²) < 4.78 is 0. The molecule has 0 aromatic rings. The van der Waals surface area contributed by atoms with Crippen molar-refractivity contribution in [3.05, 3.63) is 0 Å². The summed E-state index contributed by atoms with van der Waals surface area (Å²) in [5.41, 5.74) is 0.627. The van der Waals surface area contributed by atoms with E-state index in [1.807, 2.05) is 0 Å². The minimum Gasteiger partial charge on any atom is -0.393 e. The summed E-state index contributed by atoms with van der Waals surface area (Å²) in [5, 5.41) is 9.58. The summed E-state index contributed by atoms with van der Waals surface area (Å²) in [4.78, 5) is 2.53. The van der Waals surface area contributed by atoms with Crippen LogP contribution < -0.4 is 0 Å². The van der Waals surface area contributed by atoms with Gasteiger partial charge in [-0.1, -0.05) is 13.8 Å². The first-order chi connectivity index (χ1) is 6.09. The van der Waals surface area contributed by atoms with E-state index in [4.69, 9.17) is 0 Å². The van der Waals surface area contributed by atoms with Crippen LogP contribution in [0.25, 0.3) is 0 Å². The van der Waals surface area contributed by atoms with Crippen LogP contribution in [-0.4, -0.2) is 35.7 Å². The van der Waals surface area contributed by atoms with E-state index in [-0.39, 0.29) is 6.10 Å². The third-order valence-corrected chi connectivity index (χ3v) is 3.65. The molecule has 2 aliphatic rings. The molecule has 1 aliphatic heterocycles. The molecule has 0 spiro atoms. The molecular weight excluding hydrogens is 162 g/mol. The average Bonchev–Trinajstić information content (AvgIpc) is 2.76. The van der Waals surface area contributed by atoms with E-state index in [0.717, 1.165) is 19.5 Å². The zero-order valence-electron chi connectivity index (χ0n) is 8.79. The first-order valence-corrected chi connectivity index (χ1v) is 5.49. The van der Waals surface area contributed by atoms with Gasteiger partial charge in [-0.15, -0.1) is 0 Å². The van der Waals surface area contributed by atoms with Gasteiger partial charge in [0.1, 0.15) is 0 Å². The van der Waals surface area contributed by atoms with Crippen molar-refractivity contribution in [2.24, 2.45) is 11.3 Å². The average molecular weight is 183 g/mol. The van der Waals surface area contributed by atoms with Gasteiger partial charge >= 0.3 is 0 Å². The molecule has 0 amide bonds. The fourth-order valence-electron chi connectivity index (χ4n) is 2.27. The predicted octanol–water partition coefficient (Wildman–Crippen LogP) is 1.49. The third-order valence-electron chi connectivity index (χ3n) is 3.65. The van der Waals surface area contributed by atoms with Gasteiger partial charge in [-0.2, -0.15) is 0 Å². The molecule has 2 fully saturated rings. The molecule has 0 radical (unpaired) electrons. The van der Waals surface area contributed by atoms with Crippen LogP contribution in [0.5, 0.6) is 0 Å². The number of likely N-dealkylation sites (tertiary alicyclic amines) is 1. The molecule has 76 valence electrons. The first kappa shape index (κ1) is 9.47. The quantitative estimate of drug-likeness (QED) is 0.701. The molecule has 0 bridgehead atoms. The van der Waals surface area contributed by atoms with Gasteiger partial charge < -0.3 is 10.0 Å². The lowest BCUT2D eigenvalue weighted by molar-refractivity contribution is 0.0283. The standard InChI is InChI=1S/C11H21NO/c1-9-7-12(6-3-10(9)13)8-11(2)4-5-11/h9-10,13H,3-8H2,1-2H3. The summed E-state index contributed by atoms with van der Waals surface area (Å²) in [5.74, 6) is 0.469. The maximum Gasteiger partial charge on any atom is 0.0590 e. The Labute approximate surface area is 80.9 Å². The zero-order valence-corrected chi connectivity index (χ0v) is 8.79. The lowest BCUT2D eigenvalue weighted by Gasteiger charge is -2.35. The molecule has 1 N–H and O–H groups in total. The Bertz CT molecular complexity index is 189. The summed E-state index contributed by atoms with van der Waals surface area (Å²) >= 11 is 0. The van der Waals surface area contributed by atoms with Crippen molar-refractivity contribution in [1.29, 1.82) is 0 Å². The smallest absolute Gasteiger partial charge is 0.0590 e. The van der Waals surface area contributed by atoms with Crippen molar-refractivity contribution < 1.29 is 5.11 Å². The van der Waals surface area contributed by atoms with Gasteiger partial charge in [0.25, 0.3) is 0 Å². The fraction of sp³-hybridized carbons (Fsp3) is 1.00. The van der Waals surface area contributed by atoms with Crippen LogP contribution in [0.4, 0.5) is 0 Å². The molecule has 13 heavy (non-hydrogen) atoms. The highest BCUT2D eigenvalue weighted by Gasteiger charge is 2.39. The van der Waals surface area contributed by atoms with Crippen LogP contribution in [0.15, 0.2) is 0 Å². The highest BCUT2D eigenvalue weighted by atomic mass is 16.3. The minimum atomic E-state index is -0.0525. The van der Waals surface area contributed by atoms with Gasteiger partial charge in [-0.25, -0.2) is 0 Å². The van der Waals surface area contributed by atoms with Gasteiger partial charge in [0.15, 0.2) is 0 Å². The number of piperidine rings is 1. The molecule has 2 unspecified atom stereocenters. The van der Waals surface area contributed by atoms with E-state index in [9.17, 15) is 5.11 Å². The monoisotopic (exact) mass is 183 g/mol. The van der Waals surface area contributed by atoms with E-state index in [0.29, 0.717) is 11.3 Å². The number of hydrogen-bond acceptors (Lipinski definition) is 2. The summed E-state index contributed by atoms with van der Waals surface area (Å²) in [6.07, 6.45) is 3.72. The summed E-state index contributed by atoms with van der Waals surface area (Å²) in [6, 6.07) is 0. The Hall–Kier alpha value is -0.0800. The molecular formula is C11H21NO. The summed E-state index contributed by atoms with van der Waals surface area (Å²) in [6.45, 7) is 7.98. The van der Waals surface area contributed by atoms with Crippen LogP contribution in [0.3, 0.4) is 0 Å². The van der Waals surface area contributed by atoms with Crippen molar-refractivity contribution in [1.82, 2.24) is 4.90 Å². The second-order valence-corrected chi connectivity index (χ2v) is 5.38. The number of aliphatic hydroxyl groups is 1. The third kappa shape index (κ3) is 2.23. The first-order valence-electron chi connectivity index (χ1n) is 5.49. The topological polar surface area (TPSA) is 23.5 Å². The van der Waals surface area contributed by atoms with Crippen LogP contribution in [-0.2, 0) is 0 Å². The lowest BCUT2D eigenvalue weighted by Crippen LogP contribution is -2.43. The van der Waals surface area contributed by atoms with Gasteiger partial charge in [-0.3, -0.25) is 0 Å². The fourth-order valence-corrected chi connectivity index (χ4v) is 2.27. The summed E-state index contributed by atoms with van der Waals surface area (Å²) in [7, 11) is 0. The predicted molar refractivity (Wildman–Crippen MR) is 53.6 cm³/mol. The maximum absolute atomic E-state index is 9.58. The molecule has 1 heterocycles. The lowest BCUT2D eigenvalue weighted by atomic mass is 9.95. The molecule has 2 rings (SSSR count). The Balaban J connectivity index is 1.81. The Morgan fingerprint density at radius 2 is 2.15 bits per heavy atom. The Morgan fingerprint density at radius 1 is 1.46 bits per heavy atom. The highest BCUT2D eigenvalue weighted by Crippen LogP contribution is 2.45. The van der Waals surface area contributed by atoms with Crippen LogP contribution in [0.1, 0.15) is 33.1 Å². The number of hydrogen-bond donors (Lipinski definition) is 1. The van der Waals surface area contributed by atoms with E-state index in [2.05, 4.69) is 18.7 Å². The molecule has 0 aromatic carbocycles. The molecule has 0 aromatic heterocycles. The second kappa shape index (κ2) is 3.25. The number of aliphatic hydroxyl groups excluding tert-OH is 1. The van der Waals surface area contributed by atoms with Crippen LogP contribution in [0.2, 0.25) is 0 Å². The molecule has 1 saturated heterocycles. The maximum atomic E-state index is 9.58. The largest absolute Gasteiger partial charge is 0.393 e. The molecule has 1 aliphatic carbocycles. The Kier molecular flexibility index (Phi) is 2.37. The van der Waals surface area contributed by atoms with E-state index in [1.165, 1.54) is 19.4 Å². The van der Waals surface area contributed by atoms with Gasteiger partial charge in [-0.05, 0) is 30.6 Å². The normalized spacial score (nSPS) is 39.0. The molecule has 1 saturated carbocycles. The van der Waals surface area contributed by atoms with E-state index < -0.39 is 0 Å². The molecule has 2 nitrogen and oxygen atoms in total. The molecule has 2 heteroatoms. The van der Waals surface area contributed by atoms with Crippen molar-refractivity contribution in [2.75, 3.05) is 19.6 Å². The van der Waals surface area contributed by atoms with Crippen molar-refractivity contribution >= 4 is 0 Å². The Morgan fingerprint density at radius 3 is 2.69 bits per heavy atom. The molecule has 2 atom stereocenters. The zero-order chi connectivity index (χ0) is 9.47. The number of rotatable bonds is 2. The van der Waals surface area contributed by atoms with E-state index >= 15 is 0 Å². The minimum absolute atomic E-state index is 0.0525. The van der Waals surface area contributed by atoms with Crippen LogP contribution in [0, 0.1) is 11.3 Å². The SMILES string of the molecule is CC1CN(CC2(C)CC2)CCC1O. The van der Waals surface area contributed by atoms with Gasteiger partial charge in [0.05, 0.1) is 6.10 Å². The van der Waals surface area contributed by atoms with Gasteiger partial charge in [0, 0.05) is 19.6 Å². The van der Waals surface area contributed by atoms with Gasteiger partial charge in [0.2, 0.25) is 0 Å². The van der Waals surface area contributed by atoms with E-state index in [1.54, 1.807) is 0 Å². The number of nitrogens with zero attached hydrogens (tertiary/aromatic N) is 1. The van der Waals surface area contributed by atoms with Crippen molar-refractivity contribution in [2.45, 2.75) is 39.2 Å². The second-order valence-electron chi connectivity index (χ2n) is 5.38. The van der Waals surface area contributed by atoms with Crippen molar-refractivity contribution in [3.8, 4) is 0 Å². The highest BCUT2D eigenvalue weighted by molar-refractivity contribution is 4.92. The van der Waals surface area contributed by atoms with Crippen LogP contribution >= 0.6 is 0 Å². The van der Waals surface area contributed by atoms with Crippen molar-refractivity contribution in [3.63, 3.8) is 0 Å².